The Morgan fingerprint density at radius 2 is 2.00 bits per heavy atom. The molecule has 2 aromatic rings. The van der Waals surface area contributed by atoms with E-state index in [1.807, 2.05) is 19.1 Å². The molecule has 26 heavy (non-hydrogen) atoms. The molecule has 1 aromatic heterocycles. The first-order valence-corrected chi connectivity index (χ1v) is 9.98. The highest BCUT2D eigenvalue weighted by Gasteiger charge is 2.31. The van der Waals surface area contributed by atoms with E-state index in [2.05, 4.69) is 17.5 Å². The van der Waals surface area contributed by atoms with Gasteiger partial charge >= 0.3 is 0 Å². The summed E-state index contributed by atoms with van der Waals surface area (Å²) >= 11 is 7.65. The SMILES string of the molecule is C[C@H](C(=O)Nc1ccccc1C#N)[NH+]1CC[NH+](Cc2ccc(Cl)s2)CC1. The fourth-order valence-electron chi connectivity index (χ4n) is 3.34. The van der Waals surface area contributed by atoms with Crippen molar-refractivity contribution in [2.75, 3.05) is 31.5 Å². The number of carbonyl (C=O) groups is 1. The second-order valence-corrected chi connectivity index (χ2v) is 8.46. The minimum atomic E-state index is -0.139. The summed E-state index contributed by atoms with van der Waals surface area (Å²) in [5, 5.41) is 12.1. The lowest BCUT2D eigenvalue weighted by molar-refractivity contribution is -1.02. The average Bonchev–Trinajstić information content (AvgIpc) is 3.07. The highest BCUT2D eigenvalue weighted by Crippen LogP contribution is 2.20. The molecule has 0 unspecified atom stereocenters. The molecule has 2 heterocycles. The number of carbonyl (C=O) groups excluding carboxylic acids is 1. The molecular weight excluding hydrogens is 368 g/mol. The van der Waals surface area contributed by atoms with E-state index in [-0.39, 0.29) is 11.9 Å². The molecule has 1 aliphatic heterocycles. The Balaban J connectivity index is 1.52. The van der Waals surface area contributed by atoms with Crippen molar-refractivity contribution in [2.24, 2.45) is 0 Å². The van der Waals surface area contributed by atoms with Crippen molar-refractivity contribution in [3.05, 3.63) is 51.2 Å². The number of amides is 1. The number of halogens is 1. The van der Waals surface area contributed by atoms with Gasteiger partial charge in [-0.15, -0.1) is 11.3 Å². The van der Waals surface area contributed by atoms with Crippen LogP contribution in [0.2, 0.25) is 4.34 Å². The van der Waals surface area contributed by atoms with Crippen molar-refractivity contribution in [3.63, 3.8) is 0 Å². The van der Waals surface area contributed by atoms with Gasteiger partial charge in [0.15, 0.2) is 6.04 Å². The number of quaternary nitrogens is 2. The van der Waals surface area contributed by atoms with Gasteiger partial charge in [0.1, 0.15) is 38.8 Å². The summed E-state index contributed by atoms with van der Waals surface area (Å²) in [6.07, 6.45) is 0. The minimum absolute atomic E-state index is 0.0313. The van der Waals surface area contributed by atoms with Crippen LogP contribution < -0.4 is 15.1 Å². The standard InChI is InChI=1S/C19H21ClN4OS/c1-14(19(25)22-17-5-3-2-4-15(17)12-21)24-10-8-23(9-11-24)13-16-6-7-18(20)26-16/h2-7,14H,8-11,13H2,1H3,(H,22,25)/p+2/t14-/m1/s1. The van der Waals surface area contributed by atoms with Crippen LogP contribution in [0.1, 0.15) is 17.4 Å². The van der Waals surface area contributed by atoms with Gasteiger partial charge in [0.2, 0.25) is 0 Å². The van der Waals surface area contributed by atoms with Crippen LogP contribution in [0, 0.1) is 11.3 Å². The molecule has 0 radical (unpaired) electrons. The summed E-state index contributed by atoms with van der Waals surface area (Å²) in [7, 11) is 0. The number of nitrogens with zero attached hydrogens (tertiary/aromatic N) is 1. The molecular formula is C19H23ClN4OS+2. The number of hydrogen-bond acceptors (Lipinski definition) is 3. The van der Waals surface area contributed by atoms with Gasteiger partial charge in [-0.2, -0.15) is 5.26 Å². The molecule has 5 nitrogen and oxygen atoms in total. The molecule has 0 aliphatic carbocycles. The first-order valence-electron chi connectivity index (χ1n) is 8.79. The third-order valence-electron chi connectivity index (χ3n) is 4.96. The lowest BCUT2D eigenvalue weighted by Gasteiger charge is -2.32. The Labute approximate surface area is 162 Å². The molecule has 0 bridgehead atoms. The summed E-state index contributed by atoms with van der Waals surface area (Å²) in [5.41, 5.74) is 1.08. The summed E-state index contributed by atoms with van der Waals surface area (Å²) < 4.78 is 0.839. The van der Waals surface area contributed by atoms with Crippen LogP contribution in [0.5, 0.6) is 0 Å². The van der Waals surface area contributed by atoms with Crippen molar-refractivity contribution in [1.29, 1.82) is 5.26 Å². The van der Waals surface area contributed by atoms with Gasteiger partial charge in [-0.05, 0) is 31.2 Å². The predicted octanol–water partition coefficient (Wildman–Crippen LogP) is 0.584. The number of benzene rings is 1. The van der Waals surface area contributed by atoms with Crippen molar-refractivity contribution in [3.8, 4) is 6.07 Å². The van der Waals surface area contributed by atoms with E-state index in [0.717, 1.165) is 37.1 Å². The molecule has 3 N–H and O–H groups in total. The van der Waals surface area contributed by atoms with Crippen LogP contribution in [-0.4, -0.2) is 38.1 Å². The zero-order valence-corrected chi connectivity index (χ0v) is 16.3. The average molecular weight is 391 g/mol. The second-order valence-electron chi connectivity index (χ2n) is 6.66. The third-order valence-corrected chi connectivity index (χ3v) is 6.19. The normalized spacial score (nSPS) is 21.0. The van der Waals surface area contributed by atoms with Gasteiger partial charge in [0.05, 0.1) is 20.5 Å². The van der Waals surface area contributed by atoms with Crippen LogP contribution in [0.3, 0.4) is 0 Å². The van der Waals surface area contributed by atoms with Gasteiger partial charge < -0.3 is 15.1 Å². The maximum atomic E-state index is 12.6. The van der Waals surface area contributed by atoms with E-state index in [9.17, 15) is 4.79 Å². The zero-order valence-electron chi connectivity index (χ0n) is 14.7. The monoisotopic (exact) mass is 390 g/mol. The molecule has 1 aliphatic rings. The fraction of sp³-hybridized carbons (Fsp3) is 0.368. The van der Waals surface area contributed by atoms with Gasteiger partial charge in [0.25, 0.3) is 5.91 Å². The molecule has 7 heteroatoms. The zero-order chi connectivity index (χ0) is 18.5. The number of piperazine rings is 1. The number of hydrogen-bond donors (Lipinski definition) is 3. The predicted molar refractivity (Wildman–Crippen MR) is 104 cm³/mol. The Morgan fingerprint density at radius 3 is 2.65 bits per heavy atom. The van der Waals surface area contributed by atoms with Crippen LogP contribution in [-0.2, 0) is 11.3 Å². The maximum Gasteiger partial charge on any atom is 0.282 e. The summed E-state index contributed by atoms with van der Waals surface area (Å²) in [6, 6.07) is 13.1. The molecule has 0 spiro atoms. The number of nitriles is 1. The molecule has 0 saturated carbocycles. The van der Waals surface area contributed by atoms with Gasteiger partial charge in [-0.3, -0.25) is 4.79 Å². The smallest absolute Gasteiger partial charge is 0.282 e. The fourth-order valence-corrected chi connectivity index (χ4v) is 4.50. The molecule has 1 fully saturated rings. The largest absolute Gasteiger partial charge is 0.321 e. The lowest BCUT2D eigenvalue weighted by atomic mass is 10.1. The molecule has 1 saturated heterocycles. The van der Waals surface area contributed by atoms with E-state index in [0.29, 0.717) is 11.3 Å². The minimum Gasteiger partial charge on any atom is -0.321 e. The van der Waals surface area contributed by atoms with Crippen molar-refractivity contribution in [1.82, 2.24) is 0 Å². The van der Waals surface area contributed by atoms with Crippen molar-refractivity contribution >= 4 is 34.5 Å². The second kappa shape index (κ2) is 8.65. The summed E-state index contributed by atoms with van der Waals surface area (Å²) in [5.74, 6) is -0.0313. The van der Waals surface area contributed by atoms with Crippen molar-refractivity contribution in [2.45, 2.75) is 19.5 Å². The van der Waals surface area contributed by atoms with Crippen LogP contribution >= 0.6 is 22.9 Å². The topological polar surface area (TPSA) is 61.8 Å². The van der Waals surface area contributed by atoms with Crippen LogP contribution in [0.25, 0.3) is 0 Å². The number of nitrogens with one attached hydrogen (secondary N) is 3. The van der Waals surface area contributed by atoms with E-state index >= 15 is 0 Å². The van der Waals surface area contributed by atoms with E-state index in [4.69, 9.17) is 16.9 Å². The molecule has 1 amide bonds. The van der Waals surface area contributed by atoms with E-state index < -0.39 is 0 Å². The number of anilines is 1. The number of para-hydroxylation sites is 1. The van der Waals surface area contributed by atoms with Crippen LogP contribution in [0.15, 0.2) is 36.4 Å². The quantitative estimate of drug-likeness (QED) is 0.699. The van der Waals surface area contributed by atoms with E-state index in [1.165, 1.54) is 14.7 Å². The molecule has 3 rings (SSSR count). The Bertz CT molecular complexity index is 808. The van der Waals surface area contributed by atoms with E-state index in [1.54, 1.807) is 29.5 Å². The van der Waals surface area contributed by atoms with Gasteiger partial charge in [0, 0.05) is 0 Å². The third kappa shape index (κ3) is 4.63. The number of thiophene rings is 1. The summed E-state index contributed by atoms with van der Waals surface area (Å²) in [4.78, 5) is 16.7. The molecule has 136 valence electrons. The van der Waals surface area contributed by atoms with Gasteiger partial charge in [-0.25, -0.2) is 0 Å². The highest BCUT2D eigenvalue weighted by atomic mass is 35.5. The van der Waals surface area contributed by atoms with Gasteiger partial charge in [-0.1, -0.05) is 23.7 Å². The first kappa shape index (κ1) is 18.9. The highest BCUT2D eigenvalue weighted by molar-refractivity contribution is 7.16. The Morgan fingerprint density at radius 1 is 1.27 bits per heavy atom. The van der Waals surface area contributed by atoms with Crippen molar-refractivity contribution < 1.29 is 14.6 Å². The first-order chi connectivity index (χ1) is 12.6. The summed E-state index contributed by atoms with van der Waals surface area (Å²) in [6.45, 7) is 6.96. The lowest BCUT2D eigenvalue weighted by Crippen LogP contribution is -3.29. The van der Waals surface area contributed by atoms with Crippen LogP contribution in [0.4, 0.5) is 5.69 Å². The Kier molecular flexibility index (Phi) is 6.28. The maximum absolute atomic E-state index is 12.6. The molecule has 1 aromatic carbocycles. The number of rotatable bonds is 5. The molecule has 1 atom stereocenters. The Hall–Kier alpha value is -1.91.